The standard InChI is InChI=1S/C19H25NO4/c1-4-6-10-23-18(21)16-14-12-13(3)8-9-15(14)20-17(16)19(22)24-11-7-5-2/h8-9,12,20H,4-7,10-11H2,1-3H3. The highest BCUT2D eigenvalue weighted by Crippen LogP contribution is 2.25. The molecule has 0 atom stereocenters. The lowest BCUT2D eigenvalue weighted by molar-refractivity contribution is 0.0450. The van der Waals surface area contributed by atoms with Crippen molar-refractivity contribution in [3.63, 3.8) is 0 Å². The van der Waals surface area contributed by atoms with Gasteiger partial charge in [-0.3, -0.25) is 0 Å². The van der Waals surface area contributed by atoms with Gasteiger partial charge in [-0.25, -0.2) is 9.59 Å². The van der Waals surface area contributed by atoms with E-state index in [0.717, 1.165) is 36.8 Å². The third kappa shape index (κ3) is 4.16. The molecule has 2 aromatic rings. The van der Waals surface area contributed by atoms with Crippen LogP contribution in [0.15, 0.2) is 18.2 Å². The average molecular weight is 331 g/mol. The molecule has 1 aromatic heterocycles. The van der Waals surface area contributed by atoms with Crippen molar-refractivity contribution in [3.05, 3.63) is 35.0 Å². The maximum atomic E-state index is 12.5. The van der Waals surface area contributed by atoms with Crippen LogP contribution in [0.25, 0.3) is 10.9 Å². The van der Waals surface area contributed by atoms with E-state index in [1.807, 2.05) is 39.0 Å². The maximum Gasteiger partial charge on any atom is 0.355 e. The van der Waals surface area contributed by atoms with Crippen LogP contribution in [0.2, 0.25) is 0 Å². The van der Waals surface area contributed by atoms with Gasteiger partial charge in [-0.1, -0.05) is 38.3 Å². The normalized spacial score (nSPS) is 10.8. The molecule has 0 saturated carbocycles. The molecule has 24 heavy (non-hydrogen) atoms. The number of H-pyrrole nitrogens is 1. The Hall–Kier alpha value is -2.30. The fourth-order valence-corrected chi connectivity index (χ4v) is 2.43. The molecule has 2 rings (SSSR count). The third-order valence-electron chi connectivity index (χ3n) is 3.82. The molecular formula is C19H25NO4. The predicted octanol–water partition coefficient (Wildman–Crippen LogP) is 4.39. The molecule has 5 nitrogen and oxygen atoms in total. The molecule has 0 aliphatic heterocycles. The number of ether oxygens (including phenoxy) is 2. The van der Waals surface area contributed by atoms with Crippen molar-refractivity contribution < 1.29 is 19.1 Å². The Morgan fingerprint density at radius 1 is 1.00 bits per heavy atom. The number of hydrogen-bond acceptors (Lipinski definition) is 4. The first-order valence-corrected chi connectivity index (χ1v) is 8.55. The fourth-order valence-electron chi connectivity index (χ4n) is 2.43. The Morgan fingerprint density at radius 2 is 1.62 bits per heavy atom. The van der Waals surface area contributed by atoms with Gasteiger partial charge in [0.25, 0.3) is 0 Å². The van der Waals surface area contributed by atoms with Crippen molar-refractivity contribution in [2.45, 2.75) is 46.5 Å². The van der Waals surface area contributed by atoms with Gasteiger partial charge in [0.2, 0.25) is 0 Å². The Labute approximate surface area is 142 Å². The van der Waals surface area contributed by atoms with E-state index in [-0.39, 0.29) is 11.3 Å². The molecule has 1 aromatic carbocycles. The number of hydrogen-bond donors (Lipinski definition) is 1. The zero-order chi connectivity index (χ0) is 17.5. The van der Waals surface area contributed by atoms with Crippen LogP contribution in [0.1, 0.15) is 65.9 Å². The van der Waals surface area contributed by atoms with Gasteiger partial charge in [-0.15, -0.1) is 0 Å². The van der Waals surface area contributed by atoms with Crippen molar-refractivity contribution in [2.75, 3.05) is 13.2 Å². The Balaban J connectivity index is 2.36. The maximum absolute atomic E-state index is 12.5. The third-order valence-corrected chi connectivity index (χ3v) is 3.82. The summed E-state index contributed by atoms with van der Waals surface area (Å²) >= 11 is 0. The highest BCUT2D eigenvalue weighted by Gasteiger charge is 2.25. The number of carbonyl (C=O) groups excluding carboxylic acids is 2. The van der Waals surface area contributed by atoms with Crippen molar-refractivity contribution in [1.82, 2.24) is 4.98 Å². The van der Waals surface area contributed by atoms with Crippen molar-refractivity contribution >= 4 is 22.8 Å². The van der Waals surface area contributed by atoms with Crippen LogP contribution in [0.5, 0.6) is 0 Å². The van der Waals surface area contributed by atoms with Crippen molar-refractivity contribution in [3.8, 4) is 0 Å². The summed E-state index contributed by atoms with van der Waals surface area (Å²) < 4.78 is 10.6. The number of carbonyl (C=O) groups is 2. The van der Waals surface area contributed by atoms with E-state index in [2.05, 4.69) is 4.98 Å². The zero-order valence-corrected chi connectivity index (χ0v) is 14.6. The number of benzene rings is 1. The van der Waals surface area contributed by atoms with E-state index < -0.39 is 11.9 Å². The van der Waals surface area contributed by atoms with Crippen LogP contribution < -0.4 is 0 Å². The van der Waals surface area contributed by atoms with E-state index in [9.17, 15) is 9.59 Å². The van der Waals surface area contributed by atoms with E-state index in [1.165, 1.54) is 0 Å². The molecule has 5 heteroatoms. The van der Waals surface area contributed by atoms with Crippen molar-refractivity contribution in [2.24, 2.45) is 0 Å². The topological polar surface area (TPSA) is 68.4 Å². The van der Waals surface area contributed by atoms with Crippen LogP contribution in [0.3, 0.4) is 0 Å². The van der Waals surface area contributed by atoms with Crippen LogP contribution >= 0.6 is 0 Å². The minimum Gasteiger partial charge on any atom is -0.462 e. The van der Waals surface area contributed by atoms with E-state index in [4.69, 9.17) is 9.47 Å². The van der Waals surface area contributed by atoms with Crippen LogP contribution in [-0.4, -0.2) is 30.1 Å². The van der Waals surface area contributed by atoms with E-state index in [0.29, 0.717) is 18.6 Å². The number of unbranched alkanes of at least 4 members (excludes halogenated alkanes) is 2. The molecule has 0 aliphatic rings. The quantitative estimate of drug-likeness (QED) is 0.575. The van der Waals surface area contributed by atoms with Gasteiger partial charge in [0, 0.05) is 10.9 Å². The number of aromatic amines is 1. The molecule has 130 valence electrons. The van der Waals surface area contributed by atoms with Gasteiger partial charge in [0.1, 0.15) is 5.69 Å². The number of esters is 2. The van der Waals surface area contributed by atoms with Gasteiger partial charge in [0.05, 0.1) is 18.8 Å². The van der Waals surface area contributed by atoms with Gasteiger partial charge < -0.3 is 14.5 Å². The first-order valence-electron chi connectivity index (χ1n) is 8.55. The summed E-state index contributed by atoms with van der Waals surface area (Å²) in [7, 11) is 0. The summed E-state index contributed by atoms with van der Waals surface area (Å²) in [4.78, 5) is 27.9. The number of aromatic nitrogens is 1. The molecule has 0 unspecified atom stereocenters. The Bertz CT molecular complexity index is 717. The number of rotatable bonds is 8. The largest absolute Gasteiger partial charge is 0.462 e. The molecule has 0 bridgehead atoms. The summed E-state index contributed by atoms with van der Waals surface area (Å²) in [5.41, 5.74) is 2.18. The monoisotopic (exact) mass is 331 g/mol. The first kappa shape index (κ1) is 18.0. The van der Waals surface area contributed by atoms with Crippen molar-refractivity contribution in [1.29, 1.82) is 0 Å². The van der Waals surface area contributed by atoms with Crippen LogP contribution in [0, 0.1) is 6.92 Å². The fraction of sp³-hybridized carbons (Fsp3) is 0.474. The highest BCUT2D eigenvalue weighted by atomic mass is 16.5. The summed E-state index contributed by atoms with van der Waals surface area (Å²) in [6.45, 7) is 6.68. The molecule has 0 fully saturated rings. The Morgan fingerprint density at radius 3 is 2.25 bits per heavy atom. The molecule has 0 radical (unpaired) electrons. The number of aryl methyl sites for hydroxylation is 1. The SMILES string of the molecule is CCCCOC(=O)c1[nH]c2ccc(C)cc2c1C(=O)OCCCC. The summed E-state index contributed by atoms with van der Waals surface area (Å²) in [6.07, 6.45) is 3.46. The molecular weight excluding hydrogens is 306 g/mol. The Kier molecular flexibility index (Phi) is 6.41. The smallest absolute Gasteiger partial charge is 0.355 e. The van der Waals surface area contributed by atoms with E-state index >= 15 is 0 Å². The van der Waals surface area contributed by atoms with Crippen LogP contribution in [-0.2, 0) is 9.47 Å². The molecule has 0 aliphatic carbocycles. The summed E-state index contributed by atoms with van der Waals surface area (Å²) in [6, 6.07) is 5.67. The molecule has 0 spiro atoms. The molecule has 0 saturated heterocycles. The molecule has 0 amide bonds. The first-order chi connectivity index (χ1) is 11.6. The van der Waals surface area contributed by atoms with E-state index in [1.54, 1.807) is 0 Å². The lowest BCUT2D eigenvalue weighted by Crippen LogP contribution is -2.14. The van der Waals surface area contributed by atoms with Crippen LogP contribution in [0.4, 0.5) is 0 Å². The minimum absolute atomic E-state index is 0.174. The van der Waals surface area contributed by atoms with Gasteiger partial charge >= 0.3 is 11.9 Å². The number of fused-ring (bicyclic) bond motifs is 1. The second-order valence-electron chi connectivity index (χ2n) is 5.90. The van der Waals surface area contributed by atoms with Gasteiger partial charge in [-0.2, -0.15) is 0 Å². The van der Waals surface area contributed by atoms with Gasteiger partial charge in [0.15, 0.2) is 0 Å². The molecule has 1 heterocycles. The average Bonchev–Trinajstić information content (AvgIpc) is 2.93. The zero-order valence-electron chi connectivity index (χ0n) is 14.6. The number of nitrogens with one attached hydrogen (secondary N) is 1. The summed E-state index contributed by atoms with van der Waals surface area (Å²) in [5.74, 6) is -0.998. The highest BCUT2D eigenvalue weighted by molar-refractivity contribution is 6.12. The predicted molar refractivity (Wildman–Crippen MR) is 93.4 cm³/mol. The summed E-state index contributed by atoms with van der Waals surface area (Å²) in [5, 5.41) is 0.693. The van der Waals surface area contributed by atoms with Gasteiger partial charge in [-0.05, 0) is 31.9 Å². The lowest BCUT2D eigenvalue weighted by Gasteiger charge is -2.06. The minimum atomic E-state index is -0.514. The lowest BCUT2D eigenvalue weighted by atomic mass is 10.1. The second-order valence-corrected chi connectivity index (χ2v) is 5.90. The molecule has 1 N–H and O–H groups in total. The second kappa shape index (κ2) is 8.52.